The lowest BCUT2D eigenvalue weighted by atomic mass is 10.2. The molecule has 0 fully saturated rings. The molecule has 150 valence electrons. The molecule has 0 aromatic carbocycles. The van der Waals surface area contributed by atoms with Crippen molar-refractivity contribution in [1.29, 1.82) is 0 Å². The summed E-state index contributed by atoms with van der Waals surface area (Å²) in [7, 11) is 0. The first kappa shape index (κ1) is 19.0. The van der Waals surface area contributed by atoms with E-state index in [4.69, 9.17) is 11.5 Å². The first-order valence-electron chi connectivity index (χ1n) is 8.82. The van der Waals surface area contributed by atoms with Gasteiger partial charge in [0.05, 0.1) is 18.0 Å². The van der Waals surface area contributed by atoms with E-state index in [2.05, 4.69) is 20.2 Å². The molecule has 4 N–H and O–H groups in total. The highest BCUT2D eigenvalue weighted by Gasteiger charge is 2.39. The van der Waals surface area contributed by atoms with Gasteiger partial charge in [0, 0.05) is 24.5 Å². The van der Waals surface area contributed by atoms with E-state index >= 15 is 0 Å². The van der Waals surface area contributed by atoms with E-state index in [0.29, 0.717) is 18.2 Å². The third-order valence-electron chi connectivity index (χ3n) is 4.68. The second-order valence-corrected chi connectivity index (χ2v) is 7.66. The molecule has 4 heterocycles. The molecule has 0 aliphatic carbocycles. The van der Waals surface area contributed by atoms with Gasteiger partial charge in [-0.1, -0.05) is 6.92 Å². The van der Waals surface area contributed by atoms with Crippen molar-refractivity contribution >= 4 is 27.4 Å². The molecule has 0 saturated heterocycles. The SMILES string of the molecule is CCc1cc2c(N3CCn4c(nnc4C(F)(F)F)C3)nc(C(N)CN)nc2s1. The van der Waals surface area contributed by atoms with Gasteiger partial charge < -0.3 is 20.9 Å². The maximum absolute atomic E-state index is 13.1. The van der Waals surface area contributed by atoms with Crippen LogP contribution in [0, 0.1) is 0 Å². The fraction of sp³-hybridized carbons (Fsp3) is 0.500. The summed E-state index contributed by atoms with van der Waals surface area (Å²) in [6.45, 7) is 2.87. The fourth-order valence-electron chi connectivity index (χ4n) is 3.21. The van der Waals surface area contributed by atoms with Crippen LogP contribution in [0.2, 0.25) is 0 Å². The minimum atomic E-state index is -4.53. The van der Waals surface area contributed by atoms with Crippen molar-refractivity contribution in [3.8, 4) is 0 Å². The van der Waals surface area contributed by atoms with Crippen molar-refractivity contribution < 1.29 is 13.2 Å². The van der Waals surface area contributed by atoms with Crippen molar-refractivity contribution in [2.75, 3.05) is 18.0 Å². The second-order valence-electron chi connectivity index (χ2n) is 6.54. The molecule has 28 heavy (non-hydrogen) atoms. The van der Waals surface area contributed by atoms with Crippen molar-refractivity contribution in [2.45, 2.75) is 38.7 Å². The number of alkyl halides is 3. The van der Waals surface area contributed by atoms with Crippen LogP contribution in [0.5, 0.6) is 0 Å². The zero-order valence-electron chi connectivity index (χ0n) is 15.1. The number of thiophene rings is 1. The molecule has 12 heteroatoms. The van der Waals surface area contributed by atoms with Crippen LogP contribution in [-0.2, 0) is 25.7 Å². The van der Waals surface area contributed by atoms with Crippen LogP contribution in [0.25, 0.3) is 10.2 Å². The van der Waals surface area contributed by atoms with Gasteiger partial charge in [0.1, 0.15) is 16.5 Å². The van der Waals surface area contributed by atoms with Crippen LogP contribution in [0.4, 0.5) is 19.0 Å². The first-order valence-corrected chi connectivity index (χ1v) is 9.63. The molecule has 0 amide bonds. The molecule has 1 atom stereocenters. The number of nitrogens with two attached hydrogens (primary N) is 2. The molecule has 3 aromatic heterocycles. The Kier molecular flexibility index (Phi) is 4.71. The van der Waals surface area contributed by atoms with Gasteiger partial charge >= 0.3 is 6.18 Å². The van der Waals surface area contributed by atoms with E-state index in [1.807, 2.05) is 17.9 Å². The largest absolute Gasteiger partial charge is 0.451 e. The van der Waals surface area contributed by atoms with Crippen LogP contribution in [0.15, 0.2) is 6.07 Å². The third-order valence-corrected chi connectivity index (χ3v) is 5.85. The van der Waals surface area contributed by atoms with E-state index in [0.717, 1.165) is 26.1 Å². The second kappa shape index (κ2) is 6.94. The Morgan fingerprint density at radius 2 is 2.04 bits per heavy atom. The fourth-order valence-corrected chi connectivity index (χ4v) is 4.18. The maximum Gasteiger partial charge on any atom is 0.451 e. The zero-order chi connectivity index (χ0) is 20.1. The van der Waals surface area contributed by atoms with E-state index in [9.17, 15) is 13.2 Å². The number of nitrogens with zero attached hydrogens (tertiary/aromatic N) is 6. The molecule has 4 rings (SSSR count). The number of rotatable bonds is 4. The monoisotopic (exact) mass is 412 g/mol. The van der Waals surface area contributed by atoms with Gasteiger partial charge in [-0.2, -0.15) is 13.2 Å². The predicted octanol–water partition coefficient (Wildman–Crippen LogP) is 1.84. The average Bonchev–Trinajstić information content (AvgIpc) is 3.29. The summed E-state index contributed by atoms with van der Waals surface area (Å²) in [4.78, 5) is 13.0. The summed E-state index contributed by atoms with van der Waals surface area (Å²) >= 11 is 1.55. The Morgan fingerprint density at radius 3 is 2.71 bits per heavy atom. The number of anilines is 1. The van der Waals surface area contributed by atoms with Gasteiger partial charge in [0.2, 0.25) is 5.82 Å². The van der Waals surface area contributed by atoms with Gasteiger partial charge in [-0.3, -0.25) is 0 Å². The highest BCUT2D eigenvalue weighted by atomic mass is 32.1. The Bertz CT molecular complexity index is 1010. The molecule has 1 aliphatic heterocycles. The Balaban J connectivity index is 1.76. The number of hydrogen-bond acceptors (Lipinski definition) is 8. The third kappa shape index (κ3) is 3.20. The molecule has 8 nitrogen and oxygen atoms in total. The van der Waals surface area contributed by atoms with Crippen LogP contribution in [-0.4, -0.2) is 37.8 Å². The van der Waals surface area contributed by atoms with Crippen LogP contribution < -0.4 is 16.4 Å². The van der Waals surface area contributed by atoms with E-state index in [1.54, 1.807) is 11.3 Å². The Hall–Kier alpha value is -2.31. The summed E-state index contributed by atoms with van der Waals surface area (Å²) in [5, 5.41) is 7.93. The Labute approximate surface area is 162 Å². The number of aromatic nitrogens is 5. The van der Waals surface area contributed by atoms with Gasteiger partial charge in [-0.25, -0.2) is 9.97 Å². The molecule has 0 saturated carbocycles. The molecule has 3 aromatic rings. The minimum absolute atomic E-state index is 0.117. The lowest BCUT2D eigenvalue weighted by molar-refractivity contribution is -0.147. The standard InChI is InChI=1S/C16H19F3N8S/c1-2-8-5-9-13(22-12(10(21)6-20)23-14(9)28-8)26-3-4-27-11(7-26)24-25-15(27)16(17,18)19/h5,10H,2-4,6-7,20-21H2,1H3. The van der Waals surface area contributed by atoms with Gasteiger partial charge in [0.25, 0.3) is 0 Å². The molecule has 0 radical (unpaired) electrons. The quantitative estimate of drug-likeness (QED) is 0.672. The van der Waals surface area contributed by atoms with Crippen molar-refractivity contribution in [3.63, 3.8) is 0 Å². The van der Waals surface area contributed by atoms with E-state index < -0.39 is 18.0 Å². The summed E-state index contributed by atoms with van der Waals surface area (Å²) in [5.74, 6) is 0.353. The van der Waals surface area contributed by atoms with Crippen molar-refractivity contribution in [3.05, 3.63) is 28.4 Å². The van der Waals surface area contributed by atoms with Crippen molar-refractivity contribution in [1.82, 2.24) is 24.7 Å². The normalized spacial score (nSPS) is 15.9. The van der Waals surface area contributed by atoms with Gasteiger partial charge in [-0.05, 0) is 12.5 Å². The van der Waals surface area contributed by atoms with Crippen LogP contribution >= 0.6 is 11.3 Å². The lowest BCUT2D eigenvalue weighted by Gasteiger charge is -2.29. The Morgan fingerprint density at radius 1 is 1.25 bits per heavy atom. The molecular formula is C16H19F3N8S. The van der Waals surface area contributed by atoms with Gasteiger partial charge in [-0.15, -0.1) is 21.5 Å². The summed E-state index contributed by atoms with van der Waals surface area (Å²) < 4.78 is 40.4. The molecule has 1 aliphatic rings. The molecule has 0 bridgehead atoms. The molecule has 1 unspecified atom stereocenters. The van der Waals surface area contributed by atoms with Crippen molar-refractivity contribution in [2.24, 2.45) is 11.5 Å². The minimum Gasteiger partial charge on any atom is -0.347 e. The molecule has 0 spiro atoms. The summed E-state index contributed by atoms with van der Waals surface area (Å²) in [5.41, 5.74) is 11.7. The smallest absolute Gasteiger partial charge is 0.347 e. The summed E-state index contributed by atoms with van der Waals surface area (Å²) in [6.07, 6.45) is -3.68. The highest BCUT2D eigenvalue weighted by Crippen LogP contribution is 2.35. The maximum atomic E-state index is 13.1. The first-order chi connectivity index (χ1) is 13.3. The zero-order valence-corrected chi connectivity index (χ0v) is 15.9. The van der Waals surface area contributed by atoms with Crippen LogP contribution in [0.1, 0.15) is 35.3 Å². The van der Waals surface area contributed by atoms with E-state index in [1.165, 1.54) is 0 Å². The number of hydrogen-bond donors (Lipinski definition) is 2. The van der Waals surface area contributed by atoms with Gasteiger partial charge in [0.15, 0.2) is 5.82 Å². The number of halogens is 3. The predicted molar refractivity (Wildman–Crippen MR) is 98.8 cm³/mol. The number of aryl methyl sites for hydroxylation is 1. The van der Waals surface area contributed by atoms with Crippen LogP contribution in [0.3, 0.4) is 0 Å². The van der Waals surface area contributed by atoms with E-state index in [-0.39, 0.29) is 25.5 Å². The number of fused-ring (bicyclic) bond motifs is 2. The average molecular weight is 412 g/mol. The lowest BCUT2D eigenvalue weighted by Crippen LogP contribution is -2.36. The topological polar surface area (TPSA) is 112 Å². The molecular weight excluding hydrogens is 393 g/mol. The highest BCUT2D eigenvalue weighted by molar-refractivity contribution is 7.18. The summed E-state index contributed by atoms with van der Waals surface area (Å²) in [6, 6.07) is 1.51.